The molecule has 1 heterocycles. The fraction of sp³-hybridized carbons (Fsp3) is 0.800. The molecule has 16 heavy (non-hydrogen) atoms. The van der Waals surface area contributed by atoms with E-state index in [0.717, 1.165) is 0 Å². The van der Waals surface area contributed by atoms with Gasteiger partial charge in [-0.15, -0.1) is 0 Å². The number of methoxy groups -OCH3 is 2. The van der Waals surface area contributed by atoms with E-state index in [2.05, 4.69) is 9.47 Å². The molecular formula is C10H17NO5. The van der Waals surface area contributed by atoms with Gasteiger partial charge in [-0.05, 0) is 6.92 Å². The van der Waals surface area contributed by atoms with Crippen molar-refractivity contribution in [3.05, 3.63) is 0 Å². The summed E-state index contributed by atoms with van der Waals surface area (Å²) >= 11 is 0. The first-order valence-corrected chi connectivity index (χ1v) is 5.16. The van der Waals surface area contributed by atoms with Crippen molar-refractivity contribution in [3.8, 4) is 0 Å². The van der Waals surface area contributed by atoms with Crippen LogP contribution in [-0.2, 0) is 23.9 Å². The summed E-state index contributed by atoms with van der Waals surface area (Å²) in [5.74, 6) is -0.676. The molecule has 0 aromatic heterocycles. The number of ether oxygens (including phenoxy) is 2. The molecule has 2 unspecified atom stereocenters. The molecule has 0 amide bonds. The first kappa shape index (κ1) is 12.9. The Hall–Kier alpha value is -1.14. The molecule has 0 radical (unpaired) electrons. The van der Waals surface area contributed by atoms with Gasteiger partial charge in [-0.2, -0.15) is 5.06 Å². The Morgan fingerprint density at radius 2 is 2.06 bits per heavy atom. The number of carbonyl (C=O) groups is 2. The molecule has 0 bridgehead atoms. The van der Waals surface area contributed by atoms with Crippen LogP contribution in [0.3, 0.4) is 0 Å². The van der Waals surface area contributed by atoms with Crippen LogP contribution in [0.25, 0.3) is 0 Å². The van der Waals surface area contributed by atoms with Crippen LogP contribution in [0, 0.1) is 0 Å². The topological polar surface area (TPSA) is 65.1 Å². The minimum atomic E-state index is -0.558. The zero-order valence-electron chi connectivity index (χ0n) is 9.76. The molecule has 0 aromatic carbocycles. The lowest BCUT2D eigenvalue weighted by molar-refractivity contribution is -0.187. The maximum atomic E-state index is 11.2. The molecule has 92 valence electrons. The Labute approximate surface area is 94.4 Å². The first-order chi connectivity index (χ1) is 7.58. The molecule has 1 rings (SSSR count). The quantitative estimate of drug-likeness (QED) is 0.640. The zero-order chi connectivity index (χ0) is 12.1. The second kappa shape index (κ2) is 5.81. The molecule has 1 aliphatic heterocycles. The molecule has 1 saturated heterocycles. The monoisotopic (exact) mass is 231 g/mol. The molecule has 0 saturated carbocycles. The van der Waals surface area contributed by atoms with Crippen molar-refractivity contribution in [2.24, 2.45) is 0 Å². The summed E-state index contributed by atoms with van der Waals surface area (Å²) in [6.45, 7) is 2.35. The van der Waals surface area contributed by atoms with E-state index in [1.165, 1.54) is 14.2 Å². The molecule has 6 nitrogen and oxygen atoms in total. The van der Waals surface area contributed by atoms with Gasteiger partial charge in [-0.3, -0.25) is 9.63 Å². The highest BCUT2D eigenvalue weighted by molar-refractivity contribution is 5.74. The summed E-state index contributed by atoms with van der Waals surface area (Å²) < 4.78 is 9.12. The lowest BCUT2D eigenvalue weighted by Crippen LogP contribution is -2.29. The lowest BCUT2D eigenvalue weighted by Gasteiger charge is -2.18. The molecule has 2 atom stereocenters. The summed E-state index contributed by atoms with van der Waals surface area (Å²) in [6, 6.07) is 0.0914. The van der Waals surface area contributed by atoms with Gasteiger partial charge >= 0.3 is 11.9 Å². The maximum absolute atomic E-state index is 11.2. The van der Waals surface area contributed by atoms with E-state index in [0.29, 0.717) is 13.0 Å². The molecule has 0 spiro atoms. The molecule has 0 N–H and O–H groups in total. The van der Waals surface area contributed by atoms with Crippen LogP contribution in [-0.4, -0.2) is 49.9 Å². The van der Waals surface area contributed by atoms with E-state index in [1.54, 1.807) is 5.06 Å². The average Bonchev–Trinajstić information content (AvgIpc) is 2.66. The minimum absolute atomic E-state index is 0.0914. The van der Waals surface area contributed by atoms with Crippen molar-refractivity contribution in [2.45, 2.75) is 31.9 Å². The Morgan fingerprint density at radius 1 is 1.38 bits per heavy atom. The van der Waals surface area contributed by atoms with Crippen molar-refractivity contribution in [1.29, 1.82) is 0 Å². The number of carbonyl (C=O) groups excluding carboxylic acids is 2. The maximum Gasteiger partial charge on any atom is 0.337 e. The van der Waals surface area contributed by atoms with Crippen molar-refractivity contribution in [3.63, 3.8) is 0 Å². The highest BCUT2D eigenvalue weighted by atomic mass is 16.7. The third kappa shape index (κ3) is 3.18. The van der Waals surface area contributed by atoms with Crippen LogP contribution in [0.5, 0.6) is 0 Å². The SMILES string of the molecule is COC(=O)CCN1OC(C(=O)OC)CC1C. The molecule has 1 fully saturated rings. The third-order valence-electron chi connectivity index (χ3n) is 2.54. The van der Waals surface area contributed by atoms with Gasteiger partial charge < -0.3 is 9.47 Å². The fourth-order valence-corrected chi connectivity index (χ4v) is 1.59. The van der Waals surface area contributed by atoms with Crippen LogP contribution < -0.4 is 0 Å². The van der Waals surface area contributed by atoms with Crippen LogP contribution in [0.15, 0.2) is 0 Å². The van der Waals surface area contributed by atoms with E-state index in [1.807, 2.05) is 6.92 Å². The Balaban J connectivity index is 2.39. The van der Waals surface area contributed by atoms with E-state index >= 15 is 0 Å². The number of esters is 2. The van der Waals surface area contributed by atoms with Gasteiger partial charge in [0.15, 0.2) is 6.10 Å². The van der Waals surface area contributed by atoms with Gasteiger partial charge in [0.05, 0.1) is 20.6 Å². The van der Waals surface area contributed by atoms with Crippen LogP contribution in [0.2, 0.25) is 0 Å². The number of hydrogen-bond donors (Lipinski definition) is 0. The van der Waals surface area contributed by atoms with Crippen molar-refractivity contribution in [1.82, 2.24) is 5.06 Å². The Morgan fingerprint density at radius 3 is 2.62 bits per heavy atom. The fourth-order valence-electron chi connectivity index (χ4n) is 1.59. The predicted octanol–water partition coefficient (Wildman–Crippen LogP) is 0.117. The van der Waals surface area contributed by atoms with Gasteiger partial charge in [0, 0.05) is 19.0 Å². The number of hydrogen-bond acceptors (Lipinski definition) is 6. The standard InChI is InChI=1S/C10H17NO5/c1-7-6-8(10(13)15-3)16-11(7)5-4-9(12)14-2/h7-8H,4-6H2,1-3H3. The van der Waals surface area contributed by atoms with Gasteiger partial charge in [0.25, 0.3) is 0 Å². The van der Waals surface area contributed by atoms with Crippen LogP contribution in [0.4, 0.5) is 0 Å². The number of rotatable bonds is 4. The summed E-state index contributed by atoms with van der Waals surface area (Å²) in [5.41, 5.74) is 0. The minimum Gasteiger partial charge on any atom is -0.469 e. The molecular weight excluding hydrogens is 214 g/mol. The van der Waals surface area contributed by atoms with E-state index in [4.69, 9.17) is 4.84 Å². The Kier molecular flexibility index (Phi) is 4.70. The number of hydroxylamine groups is 2. The average molecular weight is 231 g/mol. The van der Waals surface area contributed by atoms with E-state index in [9.17, 15) is 9.59 Å². The summed E-state index contributed by atoms with van der Waals surface area (Å²) in [4.78, 5) is 27.6. The van der Waals surface area contributed by atoms with Crippen molar-refractivity contribution < 1.29 is 23.9 Å². The van der Waals surface area contributed by atoms with Crippen molar-refractivity contribution in [2.75, 3.05) is 20.8 Å². The summed E-state index contributed by atoms with van der Waals surface area (Å²) in [5, 5.41) is 1.62. The van der Waals surface area contributed by atoms with Crippen LogP contribution >= 0.6 is 0 Å². The molecule has 1 aliphatic rings. The molecule has 0 aliphatic carbocycles. The number of nitrogens with zero attached hydrogens (tertiary/aromatic N) is 1. The van der Waals surface area contributed by atoms with Crippen molar-refractivity contribution >= 4 is 11.9 Å². The molecule has 0 aromatic rings. The zero-order valence-corrected chi connectivity index (χ0v) is 9.76. The second-order valence-electron chi connectivity index (χ2n) is 3.67. The second-order valence-corrected chi connectivity index (χ2v) is 3.67. The smallest absolute Gasteiger partial charge is 0.337 e. The normalized spacial score (nSPS) is 25.4. The molecule has 6 heteroatoms. The van der Waals surface area contributed by atoms with Gasteiger partial charge in [-0.25, -0.2) is 4.79 Å². The Bertz CT molecular complexity index is 268. The predicted molar refractivity (Wildman–Crippen MR) is 54.3 cm³/mol. The largest absolute Gasteiger partial charge is 0.469 e. The van der Waals surface area contributed by atoms with E-state index in [-0.39, 0.29) is 24.4 Å². The highest BCUT2D eigenvalue weighted by Crippen LogP contribution is 2.21. The van der Waals surface area contributed by atoms with Gasteiger partial charge in [0.2, 0.25) is 0 Å². The van der Waals surface area contributed by atoms with Gasteiger partial charge in [0.1, 0.15) is 0 Å². The summed E-state index contributed by atoms with van der Waals surface area (Å²) in [7, 11) is 2.67. The van der Waals surface area contributed by atoms with E-state index < -0.39 is 6.10 Å². The third-order valence-corrected chi connectivity index (χ3v) is 2.54. The lowest BCUT2D eigenvalue weighted by atomic mass is 10.1. The van der Waals surface area contributed by atoms with Crippen LogP contribution in [0.1, 0.15) is 19.8 Å². The highest BCUT2D eigenvalue weighted by Gasteiger charge is 2.35. The summed E-state index contributed by atoms with van der Waals surface area (Å²) in [6.07, 6.45) is 0.264. The van der Waals surface area contributed by atoms with Gasteiger partial charge in [-0.1, -0.05) is 0 Å². The first-order valence-electron chi connectivity index (χ1n) is 5.16.